The van der Waals surface area contributed by atoms with E-state index in [0.29, 0.717) is 6.54 Å². The van der Waals surface area contributed by atoms with Gasteiger partial charge in [-0.1, -0.05) is 0 Å². The summed E-state index contributed by atoms with van der Waals surface area (Å²) in [7, 11) is 0. The third kappa shape index (κ3) is 1.28. The second kappa shape index (κ2) is 2.93. The molecule has 68 valence electrons. The Hall–Kier alpha value is -1.78. The molecule has 5 heteroatoms. The Bertz CT molecular complexity index is 437. The van der Waals surface area contributed by atoms with Crippen molar-refractivity contribution in [1.82, 2.24) is 19.7 Å². The molecule has 0 unspecified atom stereocenters. The lowest BCUT2D eigenvalue weighted by molar-refractivity contribution is 0.640. The molecular formula is C8H10N4O. The van der Waals surface area contributed by atoms with Crippen molar-refractivity contribution in [3.63, 3.8) is 0 Å². The maximum Gasteiger partial charge on any atom is 0.267 e. The van der Waals surface area contributed by atoms with Crippen LogP contribution in [0.15, 0.2) is 23.4 Å². The van der Waals surface area contributed by atoms with Crippen molar-refractivity contribution in [2.75, 3.05) is 0 Å². The number of hydrogen-bond acceptors (Lipinski definition) is 2. The van der Waals surface area contributed by atoms with E-state index in [4.69, 9.17) is 0 Å². The van der Waals surface area contributed by atoms with Crippen molar-refractivity contribution in [2.24, 2.45) is 0 Å². The smallest absolute Gasteiger partial charge is 0.267 e. The lowest BCUT2D eigenvalue weighted by Gasteiger charge is -1.94. The number of aromatic nitrogens is 4. The average molecular weight is 178 g/mol. The zero-order chi connectivity index (χ0) is 9.26. The first-order valence-electron chi connectivity index (χ1n) is 4.10. The molecule has 2 aromatic heterocycles. The molecule has 0 aliphatic carbocycles. The van der Waals surface area contributed by atoms with Crippen LogP contribution in [0.2, 0.25) is 0 Å². The molecule has 0 bridgehead atoms. The van der Waals surface area contributed by atoms with Crippen molar-refractivity contribution in [2.45, 2.75) is 13.5 Å². The molecule has 0 aliphatic heterocycles. The number of nitrogens with zero attached hydrogens (tertiary/aromatic N) is 2. The van der Waals surface area contributed by atoms with Crippen LogP contribution < -0.4 is 5.56 Å². The van der Waals surface area contributed by atoms with Gasteiger partial charge in [0.1, 0.15) is 0 Å². The molecule has 0 fully saturated rings. The van der Waals surface area contributed by atoms with Gasteiger partial charge >= 0.3 is 0 Å². The normalized spacial score (nSPS) is 10.5. The van der Waals surface area contributed by atoms with Crippen molar-refractivity contribution in [3.8, 4) is 11.4 Å². The quantitative estimate of drug-likeness (QED) is 0.706. The highest BCUT2D eigenvalue weighted by atomic mass is 16.1. The summed E-state index contributed by atoms with van der Waals surface area (Å²) in [6, 6.07) is 1.55. The predicted octanol–water partition coefficient (Wildman–Crippen LogP) is 0.586. The minimum absolute atomic E-state index is 0.0212. The average Bonchev–Trinajstić information content (AvgIpc) is 2.71. The number of aryl methyl sites for hydroxylation is 1. The van der Waals surface area contributed by atoms with Gasteiger partial charge in [-0.25, -0.2) is 4.98 Å². The standard InChI is InChI=1S/C8H10N4O/c1-2-12-8(13)3-6(11-12)7-4-9-5-10-7/h3-5,11H,2H2,1H3,(H,9,10). The molecule has 0 amide bonds. The highest BCUT2D eigenvalue weighted by molar-refractivity contribution is 5.51. The van der Waals surface area contributed by atoms with Gasteiger partial charge in [0.25, 0.3) is 5.56 Å². The van der Waals surface area contributed by atoms with E-state index >= 15 is 0 Å². The number of imidazole rings is 1. The fourth-order valence-corrected chi connectivity index (χ4v) is 1.21. The Morgan fingerprint density at radius 3 is 2.92 bits per heavy atom. The maximum atomic E-state index is 11.3. The second-order valence-corrected chi connectivity index (χ2v) is 2.72. The van der Waals surface area contributed by atoms with E-state index in [-0.39, 0.29) is 5.56 Å². The van der Waals surface area contributed by atoms with Crippen LogP contribution in [-0.2, 0) is 6.54 Å². The topological polar surface area (TPSA) is 66.5 Å². The van der Waals surface area contributed by atoms with Crippen LogP contribution in [0.3, 0.4) is 0 Å². The van der Waals surface area contributed by atoms with Gasteiger partial charge in [0, 0.05) is 12.6 Å². The minimum atomic E-state index is -0.0212. The molecule has 0 aromatic carbocycles. The van der Waals surface area contributed by atoms with Crippen LogP contribution in [0.5, 0.6) is 0 Å². The molecule has 2 N–H and O–H groups in total. The van der Waals surface area contributed by atoms with Gasteiger partial charge in [-0.2, -0.15) is 0 Å². The number of hydrogen-bond donors (Lipinski definition) is 2. The molecule has 5 nitrogen and oxygen atoms in total. The molecule has 13 heavy (non-hydrogen) atoms. The molecular weight excluding hydrogens is 168 g/mol. The van der Waals surface area contributed by atoms with Gasteiger partial charge < -0.3 is 4.98 Å². The molecule has 0 saturated carbocycles. The zero-order valence-corrected chi connectivity index (χ0v) is 7.24. The first-order chi connectivity index (χ1) is 6.31. The van der Waals surface area contributed by atoms with Crippen LogP contribution in [0.25, 0.3) is 11.4 Å². The molecule has 0 aliphatic rings. The molecule has 0 saturated heterocycles. The number of aromatic amines is 2. The van der Waals surface area contributed by atoms with Crippen LogP contribution in [0, 0.1) is 0 Å². The summed E-state index contributed by atoms with van der Waals surface area (Å²) in [5.74, 6) is 0. The first-order valence-corrected chi connectivity index (χ1v) is 4.10. The van der Waals surface area contributed by atoms with Gasteiger partial charge in [-0.05, 0) is 6.92 Å². The SMILES string of the molecule is CCn1[nH]c(-c2cnc[nH]2)cc1=O. The number of nitrogens with one attached hydrogen (secondary N) is 2. The number of H-pyrrole nitrogens is 2. The zero-order valence-electron chi connectivity index (χ0n) is 7.24. The Morgan fingerprint density at radius 2 is 2.38 bits per heavy atom. The van der Waals surface area contributed by atoms with Crippen LogP contribution in [0.1, 0.15) is 6.92 Å². The molecule has 2 heterocycles. The maximum absolute atomic E-state index is 11.3. The van der Waals surface area contributed by atoms with Crippen molar-refractivity contribution >= 4 is 0 Å². The lowest BCUT2D eigenvalue weighted by Crippen LogP contribution is -2.13. The summed E-state index contributed by atoms with van der Waals surface area (Å²) in [5, 5.41) is 2.97. The summed E-state index contributed by atoms with van der Waals surface area (Å²) in [4.78, 5) is 18.1. The van der Waals surface area contributed by atoms with Gasteiger partial charge in [0.05, 0.1) is 23.9 Å². The summed E-state index contributed by atoms with van der Waals surface area (Å²) in [5.41, 5.74) is 1.57. The molecule has 2 aromatic rings. The lowest BCUT2D eigenvalue weighted by atomic mass is 10.3. The Morgan fingerprint density at radius 1 is 1.54 bits per heavy atom. The van der Waals surface area contributed by atoms with Crippen molar-refractivity contribution in [1.29, 1.82) is 0 Å². The molecule has 2 rings (SSSR count). The van der Waals surface area contributed by atoms with E-state index in [1.807, 2.05) is 6.92 Å². The Kier molecular flexibility index (Phi) is 1.77. The van der Waals surface area contributed by atoms with E-state index in [0.717, 1.165) is 11.4 Å². The van der Waals surface area contributed by atoms with Crippen molar-refractivity contribution in [3.05, 3.63) is 28.9 Å². The van der Waals surface area contributed by atoms with E-state index in [9.17, 15) is 4.79 Å². The molecule has 0 spiro atoms. The summed E-state index contributed by atoms with van der Waals surface area (Å²) in [6.07, 6.45) is 3.25. The largest absolute Gasteiger partial charge is 0.343 e. The third-order valence-corrected chi connectivity index (χ3v) is 1.89. The van der Waals surface area contributed by atoms with Gasteiger partial charge in [0.15, 0.2) is 0 Å². The van der Waals surface area contributed by atoms with E-state index in [2.05, 4.69) is 15.1 Å². The summed E-state index contributed by atoms with van der Waals surface area (Å²) < 4.78 is 1.54. The van der Waals surface area contributed by atoms with Crippen LogP contribution in [0.4, 0.5) is 0 Å². The van der Waals surface area contributed by atoms with E-state index in [1.54, 1.807) is 18.6 Å². The van der Waals surface area contributed by atoms with Gasteiger partial charge in [-0.15, -0.1) is 0 Å². The third-order valence-electron chi connectivity index (χ3n) is 1.89. The van der Waals surface area contributed by atoms with Gasteiger partial charge in [-0.3, -0.25) is 14.6 Å². The van der Waals surface area contributed by atoms with E-state index in [1.165, 1.54) is 4.68 Å². The predicted molar refractivity (Wildman–Crippen MR) is 48.3 cm³/mol. The Balaban J connectivity index is 2.49. The van der Waals surface area contributed by atoms with E-state index < -0.39 is 0 Å². The van der Waals surface area contributed by atoms with Crippen LogP contribution >= 0.6 is 0 Å². The fourth-order valence-electron chi connectivity index (χ4n) is 1.21. The second-order valence-electron chi connectivity index (χ2n) is 2.72. The van der Waals surface area contributed by atoms with Gasteiger partial charge in [0.2, 0.25) is 0 Å². The monoisotopic (exact) mass is 178 g/mol. The highest BCUT2D eigenvalue weighted by Crippen LogP contribution is 2.09. The first kappa shape index (κ1) is 7.85. The Labute approximate surface area is 74.4 Å². The summed E-state index contributed by atoms with van der Waals surface area (Å²) >= 11 is 0. The molecule has 0 atom stereocenters. The summed E-state index contributed by atoms with van der Waals surface area (Å²) in [6.45, 7) is 2.56. The highest BCUT2D eigenvalue weighted by Gasteiger charge is 2.03. The molecule has 0 radical (unpaired) electrons. The number of rotatable bonds is 2. The van der Waals surface area contributed by atoms with Crippen LogP contribution in [-0.4, -0.2) is 19.7 Å². The van der Waals surface area contributed by atoms with Crippen molar-refractivity contribution < 1.29 is 0 Å². The fraction of sp³-hybridized carbons (Fsp3) is 0.250. The minimum Gasteiger partial charge on any atom is -0.343 e.